The second kappa shape index (κ2) is 9.52. The number of nitrogens with zero attached hydrogens (tertiary/aromatic N) is 3. The Bertz CT molecular complexity index is 1300. The Kier molecular flexibility index (Phi) is 6.51. The molecule has 0 spiro atoms. The lowest BCUT2D eigenvalue weighted by molar-refractivity contribution is 0.294. The van der Waals surface area contributed by atoms with Gasteiger partial charge in [0.2, 0.25) is 0 Å². The lowest BCUT2D eigenvalue weighted by atomic mass is 9.56. The third-order valence-electron chi connectivity index (χ3n) is 6.68. The number of nitrogens with two attached hydrogens (primary N) is 1. The third kappa shape index (κ3) is 3.75. The molecule has 0 aliphatic heterocycles. The van der Waals surface area contributed by atoms with E-state index in [1.165, 1.54) is 0 Å². The summed E-state index contributed by atoms with van der Waals surface area (Å²) in [6, 6.07) is 19.3. The average molecular weight is 471 g/mol. The van der Waals surface area contributed by atoms with Crippen molar-refractivity contribution in [3.05, 3.63) is 81.5 Å². The number of methoxy groups -OCH3 is 1. The molecule has 4 rings (SSSR count). The fourth-order valence-corrected chi connectivity index (χ4v) is 5.26. The highest BCUT2D eigenvalue weighted by atomic mass is 35.5. The van der Waals surface area contributed by atoms with Crippen LogP contribution in [0.2, 0.25) is 5.02 Å². The molecule has 2 aromatic rings. The van der Waals surface area contributed by atoms with Crippen molar-refractivity contribution in [2.75, 3.05) is 7.11 Å². The zero-order valence-corrected chi connectivity index (χ0v) is 19.5. The molecule has 6 nitrogen and oxygen atoms in total. The van der Waals surface area contributed by atoms with E-state index in [9.17, 15) is 15.8 Å². The number of halogens is 1. The van der Waals surface area contributed by atoms with Crippen molar-refractivity contribution >= 4 is 11.6 Å². The molecule has 7 heteroatoms. The van der Waals surface area contributed by atoms with Crippen LogP contribution in [0.1, 0.15) is 36.3 Å². The van der Waals surface area contributed by atoms with Gasteiger partial charge in [-0.3, -0.25) is 0 Å². The molecule has 170 valence electrons. The van der Waals surface area contributed by atoms with Gasteiger partial charge in [-0.15, -0.1) is 0 Å². The van der Waals surface area contributed by atoms with E-state index in [0.717, 1.165) is 36.0 Å². The average Bonchev–Trinajstić information content (AvgIpc) is 2.87. The number of para-hydroxylation sites is 1. The summed E-state index contributed by atoms with van der Waals surface area (Å²) in [5.74, 6) is 0.463. The molecule has 0 fully saturated rings. The molecule has 2 atom stereocenters. The van der Waals surface area contributed by atoms with Crippen molar-refractivity contribution < 1.29 is 9.47 Å². The van der Waals surface area contributed by atoms with Crippen LogP contribution in [0.4, 0.5) is 0 Å². The van der Waals surface area contributed by atoms with Gasteiger partial charge in [0.05, 0.1) is 35.5 Å². The zero-order chi connectivity index (χ0) is 24.3. The minimum absolute atomic E-state index is 0.0269. The van der Waals surface area contributed by atoms with Crippen molar-refractivity contribution in [1.82, 2.24) is 0 Å². The molecule has 0 bridgehead atoms. The number of fused-ring (bicyclic) bond motifs is 1. The second-order valence-corrected chi connectivity index (χ2v) is 8.80. The standard InChI is InChI=1S/C27H23ClN4O2/c1-33-23-11-10-17(12-18(23)14-34-24-9-5-4-8-22(24)28)25-20-7-3-2-6-19(20)21(13-29)26(32)27(25,15-30)16-31/h4-6,8-12,20,25H,2-3,7,14,32H2,1H3/t20-,25-/m1/s1. The summed E-state index contributed by atoms with van der Waals surface area (Å²) >= 11 is 6.23. The van der Waals surface area contributed by atoms with Crippen LogP contribution < -0.4 is 15.2 Å². The Hall–Kier alpha value is -3.92. The largest absolute Gasteiger partial charge is 0.496 e. The van der Waals surface area contributed by atoms with Gasteiger partial charge >= 0.3 is 0 Å². The van der Waals surface area contributed by atoms with Crippen LogP contribution in [0.3, 0.4) is 0 Å². The summed E-state index contributed by atoms with van der Waals surface area (Å²) in [6.45, 7) is 0.182. The maximum Gasteiger partial charge on any atom is 0.191 e. The quantitative estimate of drug-likeness (QED) is 0.614. The van der Waals surface area contributed by atoms with Crippen LogP contribution in [0, 0.1) is 45.3 Å². The molecular weight excluding hydrogens is 448 g/mol. The van der Waals surface area contributed by atoms with Crippen LogP contribution in [0.25, 0.3) is 0 Å². The molecule has 2 N–H and O–H groups in total. The summed E-state index contributed by atoms with van der Waals surface area (Å²) in [6.07, 6.45) is 4.53. The summed E-state index contributed by atoms with van der Waals surface area (Å²) in [7, 11) is 1.57. The second-order valence-electron chi connectivity index (χ2n) is 8.40. The molecule has 2 aromatic carbocycles. The van der Waals surface area contributed by atoms with Crippen LogP contribution in [-0.4, -0.2) is 7.11 Å². The van der Waals surface area contributed by atoms with E-state index in [2.05, 4.69) is 18.2 Å². The molecule has 34 heavy (non-hydrogen) atoms. The van der Waals surface area contributed by atoms with Crippen LogP contribution in [-0.2, 0) is 6.61 Å². The van der Waals surface area contributed by atoms with Gasteiger partial charge in [-0.25, -0.2) is 0 Å². The highest BCUT2D eigenvalue weighted by Crippen LogP contribution is 2.56. The van der Waals surface area contributed by atoms with Gasteiger partial charge in [-0.2, -0.15) is 15.8 Å². The summed E-state index contributed by atoms with van der Waals surface area (Å²) in [5.41, 5.74) is 7.38. The summed E-state index contributed by atoms with van der Waals surface area (Å²) < 4.78 is 11.5. The maximum atomic E-state index is 10.2. The van der Waals surface area contributed by atoms with Crippen LogP contribution in [0.15, 0.2) is 65.4 Å². The van der Waals surface area contributed by atoms with Gasteiger partial charge in [0.15, 0.2) is 5.41 Å². The number of benzene rings is 2. The Labute approximate surface area is 204 Å². The van der Waals surface area contributed by atoms with Crippen molar-refractivity contribution in [1.29, 1.82) is 15.8 Å². The predicted octanol–water partition coefficient (Wildman–Crippen LogP) is 5.52. The molecule has 0 aromatic heterocycles. The van der Waals surface area contributed by atoms with Crippen LogP contribution in [0.5, 0.6) is 11.5 Å². The van der Waals surface area contributed by atoms with E-state index in [0.29, 0.717) is 16.5 Å². The van der Waals surface area contributed by atoms with Gasteiger partial charge in [-0.05, 0) is 60.6 Å². The summed E-state index contributed by atoms with van der Waals surface area (Å²) in [4.78, 5) is 0. The van der Waals surface area contributed by atoms with Gasteiger partial charge in [0.1, 0.15) is 24.2 Å². The molecule has 0 unspecified atom stereocenters. The first kappa shape index (κ1) is 23.2. The number of rotatable bonds is 5. The molecule has 0 heterocycles. The Morgan fingerprint density at radius 1 is 1.12 bits per heavy atom. The smallest absolute Gasteiger partial charge is 0.191 e. The van der Waals surface area contributed by atoms with Crippen molar-refractivity contribution in [3.8, 4) is 29.7 Å². The molecule has 0 amide bonds. The Morgan fingerprint density at radius 3 is 2.56 bits per heavy atom. The number of ether oxygens (including phenoxy) is 2. The highest BCUT2D eigenvalue weighted by Gasteiger charge is 2.53. The SMILES string of the molecule is COc1ccc([C@@H]2[C@@H]3CCCC=C3C(C#N)=C(N)C2(C#N)C#N)cc1COc1ccccc1Cl. The number of allylic oxidation sites excluding steroid dienone is 4. The number of hydrogen-bond donors (Lipinski definition) is 1. The third-order valence-corrected chi connectivity index (χ3v) is 6.99. The minimum Gasteiger partial charge on any atom is -0.496 e. The van der Waals surface area contributed by atoms with Gasteiger partial charge in [0, 0.05) is 11.5 Å². The number of nitriles is 3. The first-order chi connectivity index (χ1) is 16.5. The van der Waals surface area contributed by atoms with Gasteiger partial charge in [0.25, 0.3) is 0 Å². The van der Waals surface area contributed by atoms with Gasteiger partial charge in [-0.1, -0.05) is 35.9 Å². The van der Waals surface area contributed by atoms with E-state index >= 15 is 0 Å². The molecular formula is C27H23ClN4O2. The Balaban J connectivity index is 1.82. The van der Waals surface area contributed by atoms with E-state index < -0.39 is 11.3 Å². The molecule has 0 saturated heterocycles. The highest BCUT2D eigenvalue weighted by molar-refractivity contribution is 6.32. The normalized spacial score (nSPS) is 20.7. The molecule has 2 aliphatic rings. The van der Waals surface area contributed by atoms with Crippen molar-refractivity contribution in [2.24, 2.45) is 17.1 Å². The fraction of sp³-hybridized carbons (Fsp3) is 0.296. The first-order valence-corrected chi connectivity index (χ1v) is 11.4. The number of hydrogen-bond acceptors (Lipinski definition) is 6. The topological polar surface area (TPSA) is 116 Å². The van der Waals surface area contributed by atoms with Gasteiger partial charge < -0.3 is 15.2 Å². The molecule has 2 aliphatic carbocycles. The molecule has 0 saturated carbocycles. The van der Waals surface area contributed by atoms with E-state index in [1.807, 2.05) is 36.4 Å². The van der Waals surface area contributed by atoms with E-state index in [-0.39, 0.29) is 23.8 Å². The lowest BCUT2D eigenvalue weighted by Gasteiger charge is -2.43. The zero-order valence-electron chi connectivity index (χ0n) is 18.7. The maximum absolute atomic E-state index is 10.2. The first-order valence-electron chi connectivity index (χ1n) is 11.0. The predicted molar refractivity (Wildman–Crippen MR) is 127 cm³/mol. The molecule has 0 radical (unpaired) electrons. The lowest BCUT2D eigenvalue weighted by Crippen LogP contribution is -2.42. The van der Waals surface area contributed by atoms with Crippen molar-refractivity contribution in [3.63, 3.8) is 0 Å². The monoisotopic (exact) mass is 470 g/mol. The van der Waals surface area contributed by atoms with Crippen LogP contribution >= 0.6 is 11.6 Å². The minimum atomic E-state index is -1.65. The van der Waals surface area contributed by atoms with E-state index in [1.54, 1.807) is 19.2 Å². The summed E-state index contributed by atoms with van der Waals surface area (Å²) in [5, 5.41) is 30.7. The fourth-order valence-electron chi connectivity index (χ4n) is 5.07. The van der Waals surface area contributed by atoms with E-state index in [4.69, 9.17) is 26.8 Å². The Morgan fingerprint density at radius 2 is 1.88 bits per heavy atom. The van der Waals surface area contributed by atoms with Crippen molar-refractivity contribution in [2.45, 2.75) is 31.8 Å².